The second kappa shape index (κ2) is 11.3. The third-order valence-electron chi connectivity index (χ3n) is 4.40. The number of nitrogens with zero attached hydrogens (tertiary/aromatic N) is 1. The highest BCUT2D eigenvalue weighted by molar-refractivity contribution is 14.1. The second-order valence-corrected chi connectivity index (χ2v) is 8.77. The number of ether oxygens (including phenoxy) is 2. The van der Waals surface area contributed by atoms with Gasteiger partial charge in [-0.15, -0.1) is 0 Å². The van der Waals surface area contributed by atoms with E-state index in [0.29, 0.717) is 30.3 Å². The molecule has 160 valence electrons. The van der Waals surface area contributed by atoms with Crippen molar-refractivity contribution < 1.29 is 14.3 Å². The van der Waals surface area contributed by atoms with Gasteiger partial charge in [-0.2, -0.15) is 5.10 Å². The number of halogens is 2. The van der Waals surface area contributed by atoms with Crippen molar-refractivity contribution >= 4 is 50.6 Å². The van der Waals surface area contributed by atoms with Crippen LogP contribution in [0.4, 0.5) is 0 Å². The Morgan fingerprint density at radius 2 is 1.87 bits per heavy atom. The molecule has 0 unspecified atom stereocenters. The molecule has 0 spiro atoms. The lowest BCUT2D eigenvalue weighted by Crippen LogP contribution is -2.18. The molecule has 3 aromatic carbocycles. The van der Waals surface area contributed by atoms with Crippen LogP contribution in [0.1, 0.15) is 34.0 Å². The van der Waals surface area contributed by atoms with E-state index in [1.54, 1.807) is 12.3 Å². The van der Waals surface area contributed by atoms with Crippen molar-refractivity contribution in [1.29, 1.82) is 0 Å². The first-order chi connectivity index (χ1) is 15.0. The van der Waals surface area contributed by atoms with Crippen LogP contribution < -0.4 is 14.9 Å². The minimum Gasteiger partial charge on any atom is -0.490 e. The molecular formula is C24H22BrIN2O3. The van der Waals surface area contributed by atoms with Gasteiger partial charge < -0.3 is 9.47 Å². The summed E-state index contributed by atoms with van der Waals surface area (Å²) < 4.78 is 13.8. The lowest BCUT2D eigenvalue weighted by molar-refractivity contribution is 0.0954. The molecular weight excluding hydrogens is 571 g/mol. The van der Waals surface area contributed by atoms with Gasteiger partial charge >= 0.3 is 0 Å². The van der Waals surface area contributed by atoms with Crippen LogP contribution >= 0.6 is 38.5 Å². The van der Waals surface area contributed by atoms with E-state index in [2.05, 4.69) is 49.0 Å². The molecule has 0 atom stereocenters. The predicted octanol–water partition coefficient (Wildman–Crippen LogP) is 6.10. The lowest BCUT2D eigenvalue weighted by atomic mass is 10.1. The number of hydrogen-bond donors (Lipinski definition) is 1. The number of rotatable bonds is 8. The first kappa shape index (κ1) is 23.3. The van der Waals surface area contributed by atoms with Crippen molar-refractivity contribution in [3.05, 3.63) is 91.0 Å². The summed E-state index contributed by atoms with van der Waals surface area (Å²) in [6, 6.07) is 19.2. The molecule has 0 saturated heterocycles. The molecule has 5 nitrogen and oxygen atoms in total. The monoisotopic (exact) mass is 592 g/mol. The second-order valence-electron chi connectivity index (χ2n) is 6.69. The average Bonchev–Trinajstić information content (AvgIpc) is 2.75. The van der Waals surface area contributed by atoms with Gasteiger partial charge in [-0.25, -0.2) is 5.43 Å². The largest absolute Gasteiger partial charge is 0.490 e. The number of carbonyl (C=O) groups excluding carboxylic acids is 1. The van der Waals surface area contributed by atoms with Crippen LogP contribution in [0.5, 0.6) is 11.5 Å². The van der Waals surface area contributed by atoms with Crippen molar-refractivity contribution in [2.75, 3.05) is 6.61 Å². The Kier molecular flexibility index (Phi) is 8.48. The Morgan fingerprint density at radius 3 is 2.58 bits per heavy atom. The van der Waals surface area contributed by atoms with Gasteiger partial charge in [0.1, 0.15) is 6.61 Å². The summed E-state index contributed by atoms with van der Waals surface area (Å²) in [5.74, 6) is 1.08. The molecule has 7 heteroatoms. The number of benzene rings is 3. The van der Waals surface area contributed by atoms with Gasteiger partial charge in [-0.1, -0.05) is 46.3 Å². The van der Waals surface area contributed by atoms with E-state index in [1.807, 2.05) is 68.4 Å². The Labute approximate surface area is 204 Å². The number of aryl methyl sites for hydroxylation is 1. The van der Waals surface area contributed by atoms with Gasteiger partial charge in [0.15, 0.2) is 11.5 Å². The van der Waals surface area contributed by atoms with Gasteiger partial charge in [0.05, 0.1) is 16.4 Å². The maximum Gasteiger partial charge on any atom is 0.271 e. The number of hydrazone groups is 1. The van der Waals surface area contributed by atoms with Crippen LogP contribution in [-0.4, -0.2) is 18.7 Å². The fourth-order valence-corrected chi connectivity index (χ4v) is 3.90. The molecule has 0 aliphatic rings. The average molecular weight is 593 g/mol. The van der Waals surface area contributed by atoms with Gasteiger partial charge in [0, 0.05) is 10.0 Å². The first-order valence-corrected chi connectivity index (χ1v) is 11.6. The molecule has 0 bridgehead atoms. The fourth-order valence-electron chi connectivity index (χ4n) is 2.85. The lowest BCUT2D eigenvalue weighted by Gasteiger charge is -2.15. The molecule has 0 radical (unpaired) electrons. The molecule has 1 amide bonds. The Bertz CT molecular complexity index is 1080. The number of amides is 1. The van der Waals surface area contributed by atoms with E-state index in [4.69, 9.17) is 9.47 Å². The van der Waals surface area contributed by atoms with E-state index >= 15 is 0 Å². The zero-order valence-corrected chi connectivity index (χ0v) is 20.9. The number of nitrogens with one attached hydrogen (secondary N) is 1. The van der Waals surface area contributed by atoms with Crippen molar-refractivity contribution in [1.82, 2.24) is 5.43 Å². The summed E-state index contributed by atoms with van der Waals surface area (Å²) in [6.07, 6.45) is 1.60. The summed E-state index contributed by atoms with van der Waals surface area (Å²) in [7, 11) is 0. The van der Waals surface area contributed by atoms with Gasteiger partial charge in [0.2, 0.25) is 0 Å². The highest BCUT2D eigenvalue weighted by atomic mass is 127. The smallest absolute Gasteiger partial charge is 0.271 e. The Hall–Kier alpha value is -2.39. The van der Waals surface area contributed by atoms with Crippen LogP contribution in [-0.2, 0) is 6.61 Å². The van der Waals surface area contributed by atoms with Crippen LogP contribution in [0.2, 0.25) is 0 Å². The zero-order chi connectivity index (χ0) is 22.2. The van der Waals surface area contributed by atoms with Crippen molar-refractivity contribution in [3.8, 4) is 11.5 Å². The molecule has 3 aromatic rings. The van der Waals surface area contributed by atoms with E-state index in [0.717, 1.165) is 24.7 Å². The number of carbonyl (C=O) groups is 1. The summed E-state index contributed by atoms with van der Waals surface area (Å²) >= 11 is 5.66. The molecule has 0 saturated carbocycles. The molecule has 3 rings (SSSR count). The molecule has 0 heterocycles. The van der Waals surface area contributed by atoms with Crippen molar-refractivity contribution in [3.63, 3.8) is 0 Å². The summed E-state index contributed by atoms with van der Waals surface area (Å²) in [4.78, 5) is 12.3. The maximum atomic E-state index is 12.3. The molecule has 1 N–H and O–H groups in total. The summed E-state index contributed by atoms with van der Waals surface area (Å²) in [5.41, 5.74) is 5.94. The fraction of sp³-hybridized carbons (Fsp3) is 0.167. The predicted molar refractivity (Wildman–Crippen MR) is 135 cm³/mol. The summed E-state index contributed by atoms with van der Waals surface area (Å²) in [5, 5.41) is 4.10. The minimum absolute atomic E-state index is 0.247. The maximum absolute atomic E-state index is 12.3. The van der Waals surface area contributed by atoms with Gasteiger partial charge in [-0.3, -0.25) is 4.79 Å². The minimum atomic E-state index is -0.247. The van der Waals surface area contributed by atoms with Crippen LogP contribution in [0, 0.1) is 10.5 Å². The third kappa shape index (κ3) is 6.54. The molecule has 0 aliphatic heterocycles. The van der Waals surface area contributed by atoms with E-state index in [9.17, 15) is 4.79 Å². The van der Waals surface area contributed by atoms with Crippen molar-refractivity contribution in [2.45, 2.75) is 20.5 Å². The molecule has 0 aromatic heterocycles. The quantitative estimate of drug-likeness (QED) is 0.195. The van der Waals surface area contributed by atoms with Crippen LogP contribution in [0.15, 0.2) is 70.2 Å². The Balaban J connectivity index is 1.73. The van der Waals surface area contributed by atoms with E-state index in [1.165, 1.54) is 0 Å². The standard InChI is InChI=1S/C24H22BrIN2O3/c1-3-30-22-13-18(14-27-28-24(29)20-7-5-4-6-16(20)2)12-21(26)23(22)31-15-17-8-10-19(25)11-9-17/h4-14H,3,15H2,1-2H3,(H,28,29)/b27-14-. The van der Waals surface area contributed by atoms with Crippen LogP contribution in [0.3, 0.4) is 0 Å². The highest BCUT2D eigenvalue weighted by Crippen LogP contribution is 2.34. The third-order valence-corrected chi connectivity index (χ3v) is 5.73. The molecule has 0 fully saturated rings. The SMILES string of the molecule is CCOc1cc(/C=N\NC(=O)c2ccccc2C)cc(I)c1OCc1ccc(Br)cc1. The zero-order valence-electron chi connectivity index (χ0n) is 17.2. The van der Waals surface area contributed by atoms with Gasteiger partial charge in [-0.05, 0) is 83.5 Å². The summed E-state index contributed by atoms with van der Waals surface area (Å²) in [6.45, 7) is 4.76. The molecule has 31 heavy (non-hydrogen) atoms. The van der Waals surface area contributed by atoms with E-state index < -0.39 is 0 Å². The normalized spacial score (nSPS) is 10.8. The number of hydrogen-bond acceptors (Lipinski definition) is 4. The van der Waals surface area contributed by atoms with Crippen LogP contribution in [0.25, 0.3) is 0 Å². The topological polar surface area (TPSA) is 59.9 Å². The highest BCUT2D eigenvalue weighted by Gasteiger charge is 2.12. The van der Waals surface area contributed by atoms with Gasteiger partial charge in [0.25, 0.3) is 5.91 Å². The first-order valence-electron chi connectivity index (χ1n) is 9.70. The molecule has 0 aliphatic carbocycles. The Morgan fingerprint density at radius 1 is 1.13 bits per heavy atom. The van der Waals surface area contributed by atoms with E-state index in [-0.39, 0.29) is 5.91 Å². The van der Waals surface area contributed by atoms with Crippen molar-refractivity contribution in [2.24, 2.45) is 5.10 Å².